The lowest BCUT2D eigenvalue weighted by atomic mass is 10.1. The highest BCUT2D eigenvalue weighted by atomic mass is 79.9. The standard InChI is InChI=1S/C13H14BrNO2S/c1-17-7-9(6-14)15-13(16)11-8-18-12-5-3-2-4-10(11)12/h2-5,8-9H,6-7H2,1H3,(H,15,16). The SMILES string of the molecule is COCC(CBr)NC(=O)c1csc2ccccc12. The van der Waals surface area contributed by atoms with Gasteiger partial charge in [-0.1, -0.05) is 34.1 Å². The third kappa shape index (κ3) is 2.91. The van der Waals surface area contributed by atoms with Gasteiger partial charge in [0.05, 0.1) is 18.2 Å². The first-order chi connectivity index (χ1) is 8.76. The van der Waals surface area contributed by atoms with Crippen LogP contribution in [0.1, 0.15) is 10.4 Å². The first-order valence-electron chi connectivity index (χ1n) is 5.58. The molecule has 1 N–H and O–H groups in total. The molecule has 96 valence electrons. The zero-order valence-corrected chi connectivity index (χ0v) is 12.4. The van der Waals surface area contributed by atoms with Crippen molar-refractivity contribution in [2.75, 3.05) is 19.0 Å². The molecule has 0 saturated heterocycles. The van der Waals surface area contributed by atoms with Gasteiger partial charge in [0.1, 0.15) is 0 Å². The highest BCUT2D eigenvalue weighted by Gasteiger charge is 2.15. The minimum atomic E-state index is -0.0473. The van der Waals surface area contributed by atoms with E-state index in [1.807, 2.05) is 29.6 Å². The number of nitrogens with one attached hydrogen (secondary N) is 1. The summed E-state index contributed by atoms with van der Waals surface area (Å²) in [5, 5.41) is 6.54. The molecular weight excluding hydrogens is 314 g/mol. The molecule has 0 aliphatic carbocycles. The molecule has 0 fully saturated rings. The van der Waals surface area contributed by atoms with E-state index in [4.69, 9.17) is 4.74 Å². The summed E-state index contributed by atoms with van der Waals surface area (Å²) in [5.74, 6) is -0.0473. The van der Waals surface area contributed by atoms with E-state index in [0.29, 0.717) is 11.9 Å². The number of alkyl halides is 1. The van der Waals surface area contributed by atoms with Crippen molar-refractivity contribution in [1.29, 1.82) is 0 Å². The number of thiophene rings is 1. The van der Waals surface area contributed by atoms with E-state index in [1.165, 1.54) is 0 Å². The first kappa shape index (κ1) is 13.5. The molecule has 1 amide bonds. The number of methoxy groups -OCH3 is 1. The molecule has 0 spiro atoms. The summed E-state index contributed by atoms with van der Waals surface area (Å²) in [5.41, 5.74) is 0.734. The van der Waals surface area contributed by atoms with Crippen LogP contribution in [0.2, 0.25) is 0 Å². The van der Waals surface area contributed by atoms with Crippen LogP contribution in [0.4, 0.5) is 0 Å². The molecule has 18 heavy (non-hydrogen) atoms. The number of hydrogen-bond acceptors (Lipinski definition) is 3. The second kappa shape index (κ2) is 6.31. The van der Waals surface area contributed by atoms with E-state index in [1.54, 1.807) is 18.4 Å². The molecule has 0 saturated carbocycles. The Morgan fingerprint density at radius 3 is 3.00 bits per heavy atom. The number of rotatable bonds is 5. The minimum Gasteiger partial charge on any atom is -0.383 e. The van der Waals surface area contributed by atoms with Gasteiger partial charge in [-0.3, -0.25) is 4.79 Å². The molecule has 0 aliphatic heterocycles. The second-order valence-corrected chi connectivity index (χ2v) is 5.48. The fraction of sp³-hybridized carbons (Fsp3) is 0.308. The molecule has 3 nitrogen and oxygen atoms in total. The van der Waals surface area contributed by atoms with Crippen LogP contribution in [-0.2, 0) is 4.74 Å². The van der Waals surface area contributed by atoms with E-state index >= 15 is 0 Å². The molecule has 0 radical (unpaired) electrons. The van der Waals surface area contributed by atoms with Crippen molar-refractivity contribution in [3.8, 4) is 0 Å². The topological polar surface area (TPSA) is 38.3 Å². The predicted molar refractivity (Wildman–Crippen MR) is 78.7 cm³/mol. The van der Waals surface area contributed by atoms with E-state index < -0.39 is 0 Å². The van der Waals surface area contributed by atoms with Crippen molar-refractivity contribution in [2.24, 2.45) is 0 Å². The van der Waals surface area contributed by atoms with Gasteiger partial charge in [-0.05, 0) is 6.07 Å². The first-order valence-corrected chi connectivity index (χ1v) is 7.58. The van der Waals surface area contributed by atoms with Gasteiger partial charge < -0.3 is 10.1 Å². The average Bonchev–Trinajstić information content (AvgIpc) is 2.82. The number of halogens is 1. The Kier molecular flexibility index (Phi) is 4.74. The maximum atomic E-state index is 12.2. The molecule has 2 aromatic rings. The maximum Gasteiger partial charge on any atom is 0.253 e. The summed E-state index contributed by atoms with van der Waals surface area (Å²) >= 11 is 4.95. The van der Waals surface area contributed by atoms with E-state index in [9.17, 15) is 4.79 Å². The molecule has 2 rings (SSSR count). The number of carbonyl (C=O) groups excluding carboxylic acids is 1. The third-order valence-corrected chi connectivity index (χ3v) is 4.36. The largest absolute Gasteiger partial charge is 0.383 e. The van der Waals surface area contributed by atoms with Gasteiger partial charge in [0.15, 0.2) is 0 Å². The van der Waals surface area contributed by atoms with Gasteiger partial charge in [0.2, 0.25) is 0 Å². The lowest BCUT2D eigenvalue weighted by Crippen LogP contribution is -2.39. The summed E-state index contributed by atoms with van der Waals surface area (Å²) in [6, 6.07) is 7.91. The van der Waals surface area contributed by atoms with Crippen molar-refractivity contribution in [2.45, 2.75) is 6.04 Å². The van der Waals surface area contributed by atoms with Gasteiger partial charge in [0.25, 0.3) is 5.91 Å². The highest BCUT2D eigenvalue weighted by molar-refractivity contribution is 9.09. The van der Waals surface area contributed by atoms with E-state index in [0.717, 1.165) is 15.6 Å². The number of fused-ring (bicyclic) bond motifs is 1. The summed E-state index contributed by atoms with van der Waals surface area (Å²) in [6.07, 6.45) is 0. The summed E-state index contributed by atoms with van der Waals surface area (Å²) in [6.45, 7) is 0.499. The van der Waals surface area contributed by atoms with Crippen LogP contribution < -0.4 is 5.32 Å². The molecule has 0 bridgehead atoms. The molecule has 1 atom stereocenters. The second-order valence-electron chi connectivity index (χ2n) is 3.93. The molecule has 0 aliphatic rings. The van der Waals surface area contributed by atoms with Crippen LogP contribution in [0.3, 0.4) is 0 Å². The van der Waals surface area contributed by atoms with Crippen LogP contribution >= 0.6 is 27.3 Å². The zero-order chi connectivity index (χ0) is 13.0. The van der Waals surface area contributed by atoms with Crippen molar-refractivity contribution in [3.05, 3.63) is 35.2 Å². The number of amides is 1. The summed E-state index contributed by atoms with van der Waals surface area (Å²) in [7, 11) is 1.63. The molecule has 5 heteroatoms. The van der Waals surface area contributed by atoms with Crippen molar-refractivity contribution in [1.82, 2.24) is 5.32 Å². The Morgan fingerprint density at radius 1 is 1.50 bits per heavy atom. The monoisotopic (exact) mass is 327 g/mol. The van der Waals surface area contributed by atoms with Crippen molar-refractivity contribution >= 4 is 43.3 Å². The van der Waals surface area contributed by atoms with Gasteiger partial charge in [-0.25, -0.2) is 0 Å². The highest BCUT2D eigenvalue weighted by Crippen LogP contribution is 2.25. The van der Waals surface area contributed by atoms with Crippen molar-refractivity contribution < 1.29 is 9.53 Å². The van der Waals surface area contributed by atoms with E-state index in [2.05, 4.69) is 21.2 Å². The van der Waals surface area contributed by atoms with Gasteiger partial charge >= 0.3 is 0 Å². The zero-order valence-electron chi connectivity index (χ0n) is 9.98. The molecule has 1 heterocycles. The predicted octanol–water partition coefficient (Wildman–Crippen LogP) is 3.04. The lowest BCUT2D eigenvalue weighted by molar-refractivity contribution is 0.0910. The summed E-state index contributed by atoms with van der Waals surface area (Å²) < 4.78 is 6.19. The quantitative estimate of drug-likeness (QED) is 0.857. The Labute approximate surface area is 118 Å². The molecule has 1 aromatic carbocycles. The van der Waals surface area contributed by atoms with Gasteiger partial charge in [0, 0.05) is 27.9 Å². The van der Waals surface area contributed by atoms with Crippen LogP contribution in [0.25, 0.3) is 10.1 Å². The normalized spacial score (nSPS) is 12.6. The average molecular weight is 328 g/mol. The van der Waals surface area contributed by atoms with Crippen molar-refractivity contribution in [3.63, 3.8) is 0 Å². The number of hydrogen-bond donors (Lipinski definition) is 1. The Morgan fingerprint density at radius 2 is 2.28 bits per heavy atom. The number of carbonyl (C=O) groups is 1. The van der Waals surface area contributed by atoms with Crippen LogP contribution in [0, 0.1) is 0 Å². The number of benzene rings is 1. The Balaban J connectivity index is 2.18. The summed E-state index contributed by atoms with van der Waals surface area (Å²) in [4.78, 5) is 12.2. The van der Waals surface area contributed by atoms with Crippen LogP contribution in [0.5, 0.6) is 0 Å². The fourth-order valence-electron chi connectivity index (χ4n) is 1.74. The fourth-order valence-corrected chi connectivity index (χ4v) is 3.03. The maximum absolute atomic E-state index is 12.2. The van der Waals surface area contributed by atoms with E-state index in [-0.39, 0.29) is 11.9 Å². The Hall–Kier alpha value is -0.910. The molecular formula is C13H14BrNO2S. The van der Waals surface area contributed by atoms with Crippen LogP contribution in [0.15, 0.2) is 29.6 Å². The minimum absolute atomic E-state index is 0.0128. The Bertz CT molecular complexity index is 541. The van der Waals surface area contributed by atoms with Gasteiger partial charge in [-0.2, -0.15) is 0 Å². The third-order valence-electron chi connectivity index (χ3n) is 2.61. The number of ether oxygens (including phenoxy) is 1. The molecule has 1 aromatic heterocycles. The smallest absolute Gasteiger partial charge is 0.253 e. The van der Waals surface area contributed by atoms with Crippen LogP contribution in [-0.4, -0.2) is 31.0 Å². The molecule has 1 unspecified atom stereocenters. The van der Waals surface area contributed by atoms with Gasteiger partial charge in [-0.15, -0.1) is 11.3 Å². The lowest BCUT2D eigenvalue weighted by Gasteiger charge is -2.14.